The lowest BCUT2D eigenvalue weighted by molar-refractivity contribution is 0.102. The van der Waals surface area contributed by atoms with Crippen LogP contribution in [0.5, 0.6) is 5.75 Å². The van der Waals surface area contributed by atoms with Crippen LogP contribution in [0.2, 0.25) is 0 Å². The minimum absolute atomic E-state index is 0. The van der Waals surface area contributed by atoms with Gasteiger partial charge in [-0.3, -0.25) is 4.79 Å². The summed E-state index contributed by atoms with van der Waals surface area (Å²) in [6.07, 6.45) is 0.681. The molecule has 0 saturated heterocycles. The summed E-state index contributed by atoms with van der Waals surface area (Å²) in [6.45, 7) is 2.94. The number of carbonyl (C=O) groups is 1. The van der Waals surface area contributed by atoms with Gasteiger partial charge < -0.3 is 15.8 Å². The maximum atomic E-state index is 12.2. The summed E-state index contributed by atoms with van der Waals surface area (Å²) in [5, 5.41) is 5.42. The van der Waals surface area contributed by atoms with Gasteiger partial charge in [0.15, 0.2) is 0 Å². The van der Waals surface area contributed by atoms with E-state index < -0.39 is 0 Å². The van der Waals surface area contributed by atoms with E-state index in [0.29, 0.717) is 36.7 Å². The molecule has 0 unspecified atom stereocenters. The van der Waals surface area contributed by atoms with Crippen LogP contribution in [0.4, 0.5) is 5.69 Å². The fraction of sp³-hybridized carbons (Fsp3) is 0.286. The normalized spacial score (nSPS) is 9.95. The molecule has 1 aromatic heterocycles. The van der Waals surface area contributed by atoms with Gasteiger partial charge in [0.05, 0.1) is 17.3 Å². The number of thiazole rings is 1. The van der Waals surface area contributed by atoms with Crippen molar-refractivity contribution in [3.05, 3.63) is 38.8 Å². The monoisotopic (exact) mass is 405 g/mol. The molecule has 0 aliphatic carbocycles. The summed E-state index contributed by atoms with van der Waals surface area (Å²) in [7, 11) is 0. The van der Waals surface area contributed by atoms with Crippen molar-refractivity contribution < 1.29 is 9.53 Å². The van der Waals surface area contributed by atoms with Crippen molar-refractivity contribution in [2.24, 2.45) is 5.73 Å². The van der Waals surface area contributed by atoms with E-state index in [1.54, 1.807) is 11.4 Å². The second-order valence-electron chi connectivity index (χ2n) is 4.19. The van der Waals surface area contributed by atoms with E-state index >= 15 is 0 Å². The first-order valence-electron chi connectivity index (χ1n) is 6.52. The average molecular weight is 407 g/mol. The molecule has 0 radical (unpaired) electrons. The minimum atomic E-state index is -0.252. The molecule has 120 valence electrons. The number of carbonyl (C=O) groups excluding carboxylic acids is 1. The first-order chi connectivity index (χ1) is 10.1. The maximum Gasteiger partial charge on any atom is 0.275 e. The highest BCUT2D eigenvalue weighted by Crippen LogP contribution is 2.29. The number of nitrogens with one attached hydrogen (secondary N) is 1. The smallest absolute Gasteiger partial charge is 0.275 e. The van der Waals surface area contributed by atoms with E-state index in [0.717, 1.165) is 9.48 Å². The van der Waals surface area contributed by atoms with Gasteiger partial charge >= 0.3 is 0 Å². The fourth-order valence-electron chi connectivity index (χ4n) is 1.71. The van der Waals surface area contributed by atoms with E-state index in [2.05, 4.69) is 26.2 Å². The van der Waals surface area contributed by atoms with Crippen molar-refractivity contribution in [2.45, 2.75) is 13.3 Å². The zero-order valence-electron chi connectivity index (χ0n) is 12.0. The van der Waals surface area contributed by atoms with Crippen LogP contribution in [-0.4, -0.2) is 24.0 Å². The van der Waals surface area contributed by atoms with E-state index in [9.17, 15) is 4.79 Å². The Morgan fingerprint density at radius 1 is 1.50 bits per heavy atom. The van der Waals surface area contributed by atoms with Crippen LogP contribution in [0.1, 0.15) is 22.4 Å². The number of benzene rings is 1. The highest BCUT2D eigenvalue weighted by molar-refractivity contribution is 9.10. The SMILES string of the molecule is CCOc1cc(Br)ccc1NC(=O)c1csc(CCN)n1.Cl. The Labute approximate surface area is 147 Å². The van der Waals surface area contributed by atoms with Gasteiger partial charge in [0.2, 0.25) is 0 Å². The number of anilines is 1. The van der Waals surface area contributed by atoms with Crippen LogP contribution in [-0.2, 0) is 6.42 Å². The van der Waals surface area contributed by atoms with Crippen molar-refractivity contribution in [2.75, 3.05) is 18.5 Å². The van der Waals surface area contributed by atoms with Gasteiger partial charge in [0.1, 0.15) is 11.4 Å². The highest BCUT2D eigenvalue weighted by Gasteiger charge is 2.13. The van der Waals surface area contributed by atoms with Gasteiger partial charge in [-0.25, -0.2) is 4.98 Å². The van der Waals surface area contributed by atoms with Crippen molar-refractivity contribution in [3.63, 3.8) is 0 Å². The number of nitrogens with zero attached hydrogens (tertiary/aromatic N) is 1. The number of halogens is 2. The molecule has 22 heavy (non-hydrogen) atoms. The summed E-state index contributed by atoms with van der Waals surface area (Å²) in [6, 6.07) is 5.46. The summed E-state index contributed by atoms with van der Waals surface area (Å²) in [5.41, 5.74) is 6.50. The fourth-order valence-corrected chi connectivity index (χ4v) is 2.85. The highest BCUT2D eigenvalue weighted by atomic mass is 79.9. The van der Waals surface area contributed by atoms with Crippen molar-refractivity contribution >= 4 is 51.3 Å². The number of amides is 1. The molecule has 0 atom stereocenters. The molecule has 2 rings (SSSR count). The van der Waals surface area contributed by atoms with Gasteiger partial charge in [-0.1, -0.05) is 15.9 Å². The number of nitrogens with two attached hydrogens (primary N) is 1. The molecule has 3 N–H and O–H groups in total. The zero-order valence-corrected chi connectivity index (χ0v) is 15.2. The number of hydrogen-bond acceptors (Lipinski definition) is 5. The van der Waals surface area contributed by atoms with Crippen LogP contribution >= 0.6 is 39.7 Å². The lowest BCUT2D eigenvalue weighted by atomic mass is 10.3. The van der Waals surface area contributed by atoms with Gasteiger partial charge in [-0.05, 0) is 31.7 Å². The molecule has 1 aromatic carbocycles. The Kier molecular flexibility index (Phi) is 7.81. The quantitative estimate of drug-likeness (QED) is 0.770. The maximum absolute atomic E-state index is 12.2. The summed E-state index contributed by atoms with van der Waals surface area (Å²) in [5.74, 6) is 0.371. The van der Waals surface area contributed by atoms with Crippen molar-refractivity contribution in [1.82, 2.24) is 4.98 Å². The lowest BCUT2D eigenvalue weighted by Gasteiger charge is -2.11. The summed E-state index contributed by atoms with van der Waals surface area (Å²) in [4.78, 5) is 16.5. The van der Waals surface area contributed by atoms with Gasteiger partial charge in [-0.2, -0.15) is 0 Å². The molecular formula is C14H17BrClN3O2S. The van der Waals surface area contributed by atoms with Crippen molar-refractivity contribution in [3.8, 4) is 5.75 Å². The Bertz CT molecular complexity index is 636. The Morgan fingerprint density at radius 3 is 2.95 bits per heavy atom. The molecule has 2 aromatic rings. The second kappa shape index (κ2) is 9.09. The van der Waals surface area contributed by atoms with Gasteiger partial charge in [0, 0.05) is 16.3 Å². The molecule has 0 bridgehead atoms. The first-order valence-corrected chi connectivity index (χ1v) is 8.19. The molecule has 5 nitrogen and oxygen atoms in total. The van der Waals surface area contributed by atoms with Crippen LogP contribution < -0.4 is 15.8 Å². The third-order valence-electron chi connectivity index (χ3n) is 2.63. The third-order valence-corrected chi connectivity index (χ3v) is 4.04. The van der Waals surface area contributed by atoms with Crippen LogP contribution in [0, 0.1) is 0 Å². The van der Waals surface area contributed by atoms with Gasteiger partial charge in [-0.15, -0.1) is 23.7 Å². The van der Waals surface area contributed by atoms with Crippen molar-refractivity contribution in [1.29, 1.82) is 0 Å². The standard InChI is InChI=1S/C14H16BrN3O2S.ClH/c1-2-20-12-7-9(15)3-4-10(12)18-14(19)11-8-21-13(17-11)5-6-16;/h3-4,7-8H,2,5-6,16H2,1H3,(H,18,19);1H. The number of hydrogen-bond donors (Lipinski definition) is 2. The predicted molar refractivity (Wildman–Crippen MR) is 95.4 cm³/mol. The molecule has 0 aliphatic rings. The molecule has 1 heterocycles. The average Bonchev–Trinajstić information content (AvgIpc) is 2.91. The lowest BCUT2D eigenvalue weighted by Crippen LogP contribution is -2.13. The second-order valence-corrected chi connectivity index (χ2v) is 6.05. The largest absolute Gasteiger partial charge is 0.492 e. The molecule has 8 heteroatoms. The zero-order chi connectivity index (χ0) is 15.2. The third kappa shape index (κ3) is 4.95. The number of aromatic nitrogens is 1. The number of ether oxygens (including phenoxy) is 1. The van der Waals surface area contributed by atoms with E-state index in [1.165, 1.54) is 11.3 Å². The molecule has 1 amide bonds. The molecular weight excluding hydrogens is 390 g/mol. The summed E-state index contributed by atoms with van der Waals surface area (Å²) < 4.78 is 6.41. The summed E-state index contributed by atoms with van der Waals surface area (Å²) >= 11 is 4.82. The Hall–Kier alpha value is -1.15. The van der Waals surface area contributed by atoms with E-state index in [1.807, 2.05) is 19.1 Å². The van der Waals surface area contributed by atoms with Crippen LogP contribution in [0.25, 0.3) is 0 Å². The number of rotatable bonds is 6. The van der Waals surface area contributed by atoms with Crippen LogP contribution in [0.3, 0.4) is 0 Å². The Balaban J connectivity index is 0.00000242. The molecule has 0 spiro atoms. The van der Waals surface area contributed by atoms with Crippen LogP contribution in [0.15, 0.2) is 28.1 Å². The molecule has 0 aliphatic heterocycles. The minimum Gasteiger partial charge on any atom is -0.492 e. The van der Waals surface area contributed by atoms with E-state index in [-0.39, 0.29) is 18.3 Å². The molecule has 0 saturated carbocycles. The predicted octanol–water partition coefficient (Wildman–Crippen LogP) is 3.48. The Morgan fingerprint density at radius 2 is 2.27 bits per heavy atom. The van der Waals surface area contributed by atoms with Gasteiger partial charge in [0.25, 0.3) is 5.91 Å². The topological polar surface area (TPSA) is 77.2 Å². The molecule has 0 fully saturated rings. The first kappa shape index (κ1) is 18.9. The van der Waals surface area contributed by atoms with E-state index in [4.69, 9.17) is 10.5 Å².